The van der Waals surface area contributed by atoms with Crippen molar-refractivity contribution in [1.82, 2.24) is 15.1 Å². The average Bonchev–Trinajstić information content (AvgIpc) is 3.81. The number of aryl methyl sites for hydroxylation is 1. The highest BCUT2D eigenvalue weighted by molar-refractivity contribution is 7.99. The van der Waals surface area contributed by atoms with Crippen molar-refractivity contribution in [2.45, 2.75) is 74.6 Å². The number of likely N-dealkylation sites (N-methyl/N-ethyl adjacent to an activating group) is 1. The van der Waals surface area contributed by atoms with E-state index in [9.17, 15) is 20.0 Å². The second-order valence-corrected chi connectivity index (χ2v) is 16.4. The number of nitriles is 1. The fourth-order valence-electron chi connectivity index (χ4n) is 10.4. The van der Waals surface area contributed by atoms with Crippen molar-refractivity contribution >= 4 is 34.7 Å². The predicted molar refractivity (Wildman–Crippen MR) is 200 cm³/mol. The number of piperazine rings is 1. The fraction of sp³-hybridized carbons (Fsp3) is 0.439. The van der Waals surface area contributed by atoms with Crippen molar-refractivity contribution in [2.24, 2.45) is 0 Å². The first-order chi connectivity index (χ1) is 26.6. The van der Waals surface area contributed by atoms with Crippen LogP contribution in [0.2, 0.25) is 0 Å². The van der Waals surface area contributed by atoms with Gasteiger partial charge in [-0.25, -0.2) is 4.79 Å². The Morgan fingerprint density at radius 2 is 1.93 bits per heavy atom. The van der Waals surface area contributed by atoms with E-state index in [1.807, 2.05) is 45.2 Å². The number of carbonyl (C=O) groups is 2. The highest BCUT2D eigenvalue weighted by Gasteiger charge is 2.62. The number of nitrogens with one attached hydrogen (secondary N) is 1. The van der Waals surface area contributed by atoms with E-state index in [1.54, 1.807) is 7.11 Å². The predicted octanol–water partition coefficient (Wildman–Crippen LogP) is 5.02. The molecule has 7 aliphatic heterocycles. The molecule has 284 valence electrons. The van der Waals surface area contributed by atoms with Crippen molar-refractivity contribution in [3.05, 3.63) is 75.0 Å². The molecule has 0 aliphatic carbocycles. The molecule has 0 unspecified atom stereocenters. The van der Waals surface area contributed by atoms with Gasteiger partial charge in [-0.3, -0.25) is 19.9 Å². The van der Waals surface area contributed by atoms with Gasteiger partial charge in [-0.1, -0.05) is 24.3 Å². The number of para-hydroxylation sites is 1. The molecule has 1 spiro atoms. The summed E-state index contributed by atoms with van der Waals surface area (Å²) >= 11 is 1.52. The Labute approximate surface area is 321 Å². The molecule has 2 saturated heterocycles. The second kappa shape index (κ2) is 12.3. The van der Waals surface area contributed by atoms with Gasteiger partial charge in [0.05, 0.1) is 30.5 Å². The number of hydrogen-bond acceptors (Lipinski definition) is 14. The van der Waals surface area contributed by atoms with Gasteiger partial charge < -0.3 is 33.2 Å². The number of hydrogen-bond donors (Lipinski definition) is 2. The number of furan rings is 1. The minimum atomic E-state index is -1.35. The molecule has 2 fully saturated rings. The van der Waals surface area contributed by atoms with E-state index < -0.39 is 46.9 Å². The number of rotatable bonds is 2. The van der Waals surface area contributed by atoms with Crippen LogP contribution in [0.3, 0.4) is 0 Å². The first-order valence-electron chi connectivity index (χ1n) is 18.6. The van der Waals surface area contributed by atoms with Crippen LogP contribution in [0.5, 0.6) is 28.7 Å². The van der Waals surface area contributed by atoms with Crippen LogP contribution in [0.15, 0.2) is 34.7 Å². The third-order valence-electron chi connectivity index (χ3n) is 12.6. The summed E-state index contributed by atoms with van der Waals surface area (Å²) in [7, 11) is 3.56. The molecule has 55 heavy (non-hydrogen) atoms. The van der Waals surface area contributed by atoms with Crippen LogP contribution < -0.4 is 24.3 Å². The van der Waals surface area contributed by atoms with E-state index in [4.69, 9.17) is 28.1 Å². The maximum absolute atomic E-state index is 14.8. The van der Waals surface area contributed by atoms with Gasteiger partial charge >= 0.3 is 11.9 Å². The number of phenols is 1. The number of nitrogens with zero attached hydrogens (tertiary/aromatic N) is 3. The first-order valence-corrected chi connectivity index (χ1v) is 19.6. The summed E-state index contributed by atoms with van der Waals surface area (Å²) in [6.07, 6.45) is 1.18. The number of benzene rings is 3. The topological polar surface area (TPSA) is 156 Å². The molecule has 2 N–H and O–H groups in total. The summed E-state index contributed by atoms with van der Waals surface area (Å²) in [6.45, 7) is 5.46. The molecule has 13 nitrogen and oxygen atoms in total. The van der Waals surface area contributed by atoms with Crippen molar-refractivity contribution in [2.75, 3.05) is 39.9 Å². The van der Waals surface area contributed by atoms with Gasteiger partial charge in [0.1, 0.15) is 29.7 Å². The summed E-state index contributed by atoms with van der Waals surface area (Å²) in [4.78, 5) is 32.1. The van der Waals surface area contributed by atoms with E-state index in [-0.39, 0.29) is 30.9 Å². The van der Waals surface area contributed by atoms with Crippen molar-refractivity contribution in [3.8, 4) is 34.8 Å². The Hall–Kier alpha value is -4.94. The summed E-state index contributed by atoms with van der Waals surface area (Å²) in [5, 5.41) is 27.2. The van der Waals surface area contributed by atoms with Crippen LogP contribution in [0.4, 0.5) is 0 Å². The summed E-state index contributed by atoms with van der Waals surface area (Å²) in [5.41, 5.74) is 4.79. The van der Waals surface area contributed by atoms with Crippen LogP contribution in [0.1, 0.15) is 69.0 Å². The van der Waals surface area contributed by atoms with Gasteiger partial charge in [0.2, 0.25) is 6.79 Å². The summed E-state index contributed by atoms with van der Waals surface area (Å²) in [6, 6.07) is 9.90. The lowest BCUT2D eigenvalue weighted by Crippen LogP contribution is -2.69. The standard InChI is InChI=1S/C41H40N4O9S/c1-18-12-21-13-24-25(14-42)45-26-15-50-40(48)41(39-23(10-11-43-41)22-8-6-7-9-27(22)54-39)16-55-38(32(45)31(44(24)4)28(21)33(47)34(18)49-5)30-29(26)37-36(51-17-52-37)19(2)35(30)53-20(3)46/h6-9,12,24-26,31-32,38,43,47H,10-11,13,15-17H2,1-5H3/t24-,25-,26-,31+,32+,38+,41+/m0/s1. The van der Waals surface area contributed by atoms with Crippen molar-refractivity contribution in [3.63, 3.8) is 0 Å². The highest BCUT2D eigenvalue weighted by atomic mass is 32.2. The van der Waals surface area contributed by atoms with E-state index >= 15 is 0 Å². The third-order valence-corrected chi connectivity index (χ3v) is 14.1. The van der Waals surface area contributed by atoms with Gasteiger partial charge in [-0.15, -0.1) is 11.8 Å². The minimum absolute atomic E-state index is 0.0438. The molecule has 0 saturated carbocycles. The fourth-order valence-corrected chi connectivity index (χ4v) is 12.1. The van der Waals surface area contributed by atoms with Gasteiger partial charge in [0, 0.05) is 64.5 Å². The number of methoxy groups -OCH3 is 1. The molecular weight excluding hydrogens is 725 g/mol. The molecule has 14 heteroatoms. The largest absolute Gasteiger partial charge is 0.504 e. The third kappa shape index (κ3) is 4.58. The Morgan fingerprint density at radius 1 is 1.13 bits per heavy atom. The number of phenolic OH excluding ortho intramolecular Hbond substituents is 1. The Kier molecular flexibility index (Phi) is 7.71. The van der Waals surface area contributed by atoms with Gasteiger partial charge in [-0.05, 0) is 50.9 Å². The van der Waals surface area contributed by atoms with Crippen LogP contribution in [-0.4, -0.2) is 84.8 Å². The van der Waals surface area contributed by atoms with E-state index in [2.05, 4.69) is 27.3 Å². The number of carbonyl (C=O) groups excluding carboxylic acids is 2. The zero-order chi connectivity index (χ0) is 38.1. The summed E-state index contributed by atoms with van der Waals surface area (Å²) < 4.78 is 37.2. The minimum Gasteiger partial charge on any atom is -0.504 e. The molecular formula is C41H40N4O9S. The number of ether oxygens (including phenoxy) is 5. The zero-order valence-electron chi connectivity index (χ0n) is 31.1. The molecule has 7 atom stereocenters. The van der Waals surface area contributed by atoms with Crippen LogP contribution in [-0.2, 0) is 32.7 Å². The van der Waals surface area contributed by atoms with E-state index in [0.29, 0.717) is 64.9 Å². The average molecular weight is 765 g/mol. The van der Waals surface area contributed by atoms with Gasteiger partial charge in [0.15, 0.2) is 28.5 Å². The quantitative estimate of drug-likeness (QED) is 0.207. The van der Waals surface area contributed by atoms with Gasteiger partial charge in [0.25, 0.3) is 0 Å². The first kappa shape index (κ1) is 34.5. The van der Waals surface area contributed by atoms with Crippen LogP contribution in [0.25, 0.3) is 11.0 Å². The normalized spacial score (nSPS) is 29.1. The number of fused-ring (bicyclic) bond motifs is 11. The molecule has 8 heterocycles. The van der Waals surface area contributed by atoms with E-state index in [0.717, 1.165) is 33.2 Å². The monoisotopic (exact) mass is 764 g/mol. The molecule has 0 amide bonds. The number of aromatic hydroxyl groups is 1. The Morgan fingerprint density at radius 3 is 2.71 bits per heavy atom. The summed E-state index contributed by atoms with van der Waals surface area (Å²) in [5.74, 6) is 1.49. The van der Waals surface area contributed by atoms with Crippen LogP contribution >= 0.6 is 11.8 Å². The molecule has 1 aromatic heterocycles. The number of thioether (sulfide) groups is 1. The highest BCUT2D eigenvalue weighted by Crippen LogP contribution is 2.64. The van der Waals surface area contributed by atoms with E-state index in [1.165, 1.54) is 18.7 Å². The smallest absolute Gasteiger partial charge is 0.335 e. The van der Waals surface area contributed by atoms with Crippen molar-refractivity contribution < 1.29 is 42.8 Å². The molecule has 4 bridgehead atoms. The lowest BCUT2D eigenvalue weighted by Gasteiger charge is -2.62. The maximum Gasteiger partial charge on any atom is 0.335 e. The van der Waals surface area contributed by atoms with Crippen LogP contribution in [0, 0.1) is 25.2 Å². The zero-order valence-corrected chi connectivity index (χ0v) is 31.9. The molecule has 3 aromatic carbocycles. The maximum atomic E-state index is 14.8. The molecule has 7 aliphatic rings. The number of esters is 2. The molecule has 0 radical (unpaired) electrons. The molecule has 11 rings (SSSR count). The Balaban J connectivity index is 1.25. The lowest BCUT2D eigenvalue weighted by molar-refractivity contribution is -0.158. The Bertz CT molecular complexity index is 2390. The SMILES string of the molecule is COc1c(C)cc2c(c1O)[C@@H]1[C@@H]3[C@@H]4SC[C@]5(NCCc6c5oc5ccccc65)C(=O)OC[C@@H](c5c6c(c(C)c(OC(C)=O)c54)OCO6)N3[C@@H](C#N)[C@H](C2)N1C. The molecule has 4 aromatic rings. The second-order valence-electron chi connectivity index (χ2n) is 15.3. The van der Waals surface area contributed by atoms with Gasteiger partial charge in [-0.2, -0.15) is 5.26 Å². The van der Waals surface area contributed by atoms with Crippen molar-refractivity contribution in [1.29, 1.82) is 5.26 Å². The lowest BCUT2D eigenvalue weighted by atomic mass is 9.71.